The van der Waals surface area contributed by atoms with Gasteiger partial charge in [0.2, 0.25) is 0 Å². The van der Waals surface area contributed by atoms with E-state index in [4.69, 9.17) is 18.9 Å². The average molecular weight is 517 g/mol. The molecule has 1 heterocycles. The first-order chi connectivity index (χ1) is 19.3. The van der Waals surface area contributed by atoms with Gasteiger partial charge < -0.3 is 18.9 Å². The predicted octanol–water partition coefficient (Wildman–Crippen LogP) is 7.66. The third-order valence-electron chi connectivity index (χ3n) is 7.10. The van der Waals surface area contributed by atoms with E-state index < -0.39 is 0 Å². The topological polar surface area (TPSA) is 36.9 Å². The van der Waals surface area contributed by atoms with Crippen LogP contribution in [-0.4, -0.2) is 18.8 Å². The van der Waals surface area contributed by atoms with Crippen LogP contribution in [0, 0.1) is 0 Å². The maximum atomic E-state index is 6.74. The van der Waals surface area contributed by atoms with Crippen LogP contribution in [0.4, 0.5) is 0 Å². The van der Waals surface area contributed by atoms with Gasteiger partial charge in [0.15, 0.2) is 6.10 Å². The summed E-state index contributed by atoms with van der Waals surface area (Å²) in [6.45, 7) is 1.81. The molecule has 5 aromatic carbocycles. The Hall–Kier alpha value is -3.96. The molecule has 0 saturated carbocycles. The first-order valence-electron chi connectivity index (χ1n) is 13.5. The van der Waals surface area contributed by atoms with E-state index in [0.717, 1.165) is 38.8 Å². The van der Waals surface area contributed by atoms with E-state index in [1.165, 1.54) is 0 Å². The highest BCUT2D eigenvalue weighted by Crippen LogP contribution is 2.43. The van der Waals surface area contributed by atoms with Crippen molar-refractivity contribution in [1.29, 1.82) is 0 Å². The lowest BCUT2D eigenvalue weighted by atomic mass is 9.92. The van der Waals surface area contributed by atoms with Gasteiger partial charge >= 0.3 is 0 Å². The van der Waals surface area contributed by atoms with E-state index in [2.05, 4.69) is 60.7 Å². The molecule has 0 fully saturated rings. The minimum atomic E-state index is -0.363. The molecule has 0 unspecified atom stereocenters. The standard InChI is InChI=1S/C35H32O4/c1-4-12-26(13-5-1)22-36-25-32-35(38-24-28-16-8-3-9-17-28)34(37-23-27-14-6-2-7-15-27)31-21-20-29-18-10-11-19-30(29)33(31)39-32/h1-21,32,34-35H,22-25H2/t32-,34-,35-/m1/s1. The molecule has 6 rings (SSSR count). The van der Waals surface area contributed by atoms with E-state index in [-0.39, 0.29) is 18.3 Å². The second-order valence-electron chi connectivity index (χ2n) is 9.84. The fourth-order valence-corrected chi connectivity index (χ4v) is 5.11. The Morgan fingerprint density at radius 3 is 1.77 bits per heavy atom. The summed E-state index contributed by atoms with van der Waals surface area (Å²) in [5.41, 5.74) is 4.34. The molecule has 0 bridgehead atoms. The molecule has 4 nitrogen and oxygen atoms in total. The van der Waals surface area contributed by atoms with Crippen LogP contribution in [0.25, 0.3) is 10.8 Å². The largest absolute Gasteiger partial charge is 0.484 e. The minimum Gasteiger partial charge on any atom is -0.484 e. The Morgan fingerprint density at radius 2 is 1.10 bits per heavy atom. The number of rotatable bonds is 10. The highest BCUT2D eigenvalue weighted by Gasteiger charge is 2.41. The Balaban J connectivity index is 1.33. The highest BCUT2D eigenvalue weighted by molar-refractivity contribution is 5.90. The second-order valence-corrected chi connectivity index (χ2v) is 9.84. The Kier molecular flexibility index (Phi) is 7.97. The average Bonchev–Trinajstić information content (AvgIpc) is 3.00. The maximum Gasteiger partial charge on any atom is 0.151 e. The van der Waals surface area contributed by atoms with E-state index in [0.29, 0.717) is 26.4 Å². The van der Waals surface area contributed by atoms with Gasteiger partial charge in [0.25, 0.3) is 0 Å². The lowest BCUT2D eigenvalue weighted by molar-refractivity contribution is -0.154. The van der Waals surface area contributed by atoms with Gasteiger partial charge in [-0.1, -0.05) is 127 Å². The van der Waals surface area contributed by atoms with Crippen molar-refractivity contribution in [2.75, 3.05) is 6.61 Å². The van der Waals surface area contributed by atoms with Crippen LogP contribution < -0.4 is 4.74 Å². The first-order valence-corrected chi connectivity index (χ1v) is 13.5. The van der Waals surface area contributed by atoms with Crippen LogP contribution in [0.5, 0.6) is 5.75 Å². The Morgan fingerprint density at radius 1 is 0.538 bits per heavy atom. The fourth-order valence-electron chi connectivity index (χ4n) is 5.11. The van der Waals surface area contributed by atoms with Crippen molar-refractivity contribution in [1.82, 2.24) is 0 Å². The second kappa shape index (κ2) is 12.3. The summed E-state index contributed by atoms with van der Waals surface area (Å²) >= 11 is 0. The maximum absolute atomic E-state index is 6.74. The van der Waals surface area contributed by atoms with Crippen molar-refractivity contribution >= 4 is 10.8 Å². The monoisotopic (exact) mass is 516 g/mol. The van der Waals surface area contributed by atoms with E-state index in [1.807, 2.05) is 66.7 Å². The predicted molar refractivity (Wildman–Crippen MR) is 153 cm³/mol. The van der Waals surface area contributed by atoms with Crippen LogP contribution in [0.15, 0.2) is 127 Å². The minimum absolute atomic E-state index is 0.326. The molecule has 1 aliphatic heterocycles. The van der Waals surface area contributed by atoms with Gasteiger partial charge in [-0.05, 0) is 22.1 Å². The van der Waals surface area contributed by atoms with Gasteiger partial charge in [-0.2, -0.15) is 0 Å². The van der Waals surface area contributed by atoms with Crippen molar-refractivity contribution in [3.8, 4) is 5.75 Å². The van der Waals surface area contributed by atoms with Crippen LogP contribution in [0.3, 0.4) is 0 Å². The number of hydrogen-bond acceptors (Lipinski definition) is 4. The van der Waals surface area contributed by atoms with Gasteiger partial charge in [0, 0.05) is 10.9 Å². The summed E-state index contributed by atoms with van der Waals surface area (Å²) in [5.74, 6) is 0.846. The summed E-state index contributed by atoms with van der Waals surface area (Å²) in [4.78, 5) is 0. The van der Waals surface area contributed by atoms with E-state index in [1.54, 1.807) is 0 Å². The van der Waals surface area contributed by atoms with Gasteiger partial charge in [0.05, 0.1) is 26.4 Å². The van der Waals surface area contributed by atoms with Crippen molar-refractivity contribution in [2.45, 2.75) is 38.1 Å². The molecule has 1 aliphatic rings. The molecule has 5 aromatic rings. The molecular weight excluding hydrogens is 484 g/mol. The van der Waals surface area contributed by atoms with Gasteiger partial charge in [-0.3, -0.25) is 0 Å². The molecule has 0 saturated heterocycles. The lowest BCUT2D eigenvalue weighted by Gasteiger charge is -2.39. The quantitative estimate of drug-likeness (QED) is 0.191. The molecule has 0 radical (unpaired) electrons. The van der Waals surface area contributed by atoms with Crippen LogP contribution in [-0.2, 0) is 34.0 Å². The summed E-state index contributed by atoms with van der Waals surface area (Å²) in [6.07, 6.45) is -1.04. The SMILES string of the molecule is c1ccc(COC[C@H]2Oc3c(ccc4ccccc34)[C@@H](OCc3ccccc3)[C@@H]2OCc2ccccc2)cc1. The summed E-state index contributed by atoms with van der Waals surface area (Å²) < 4.78 is 26.3. The zero-order chi connectivity index (χ0) is 26.3. The molecule has 0 amide bonds. The lowest BCUT2D eigenvalue weighted by Crippen LogP contribution is -2.46. The first kappa shape index (κ1) is 25.3. The van der Waals surface area contributed by atoms with Gasteiger partial charge in [-0.25, -0.2) is 0 Å². The number of hydrogen-bond donors (Lipinski definition) is 0. The van der Waals surface area contributed by atoms with E-state index >= 15 is 0 Å². The van der Waals surface area contributed by atoms with Crippen molar-refractivity contribution < 1.29 is 18.9 Å². The molecule has 3 atom stereocenters. The third-order valence-corrected chi connectivity index (χ3v) is 7.10. The van der Waals surface area contributed by atoms with Crippen LogP contribution in [0.2, 0.25) is 0 Å². The summed E-state index contributed by atoms with van der Waals surface area (Å²) in [5, 5.41) is 2.20. The van der Waals surface area contributed by atoms with Crippen molar-refractivity contribution in [2.24, 2.45) is 0 Å². The fraction of sp³-hybridized carbons (Fsp3) is 0.200. The molecule has 0 spiro atoms. The molecule has 4 heteroatoms. The molecule has 0 N–H and O–H groups in total. The summed E-state index contributed by atoms with van der Waals surface area (Å²) in [7, 11) is 0. The highest BCUT2D eigenvalue weighted by atomic mass is 16.6. The number of benzene rings is 5. The zero-order valence-corrected chi connectivity index (χ0v) is 21.8. The Labute approximate surface area is 229 Å². The van der Waals surface area contributed by atoms with E-state index in [9.17, 15) is 0 Å². The molecule has 0 aromatic heterocycles. The smallest absolute Gasteiger partial charge is 0.151 e. The third kappa shape index (κ3) is 6.04. The molecular formula is C35H32O4. The molecule has 0 aliphatic carbocycles. The van der Waals surface area contributed by atoms with Crippen molar-refractivity contribution in [3.63, 3.8) is 0 Å². The Bertz CT molecular complexity index is 1470. The van der Waals surface area contributed by atoms with Gasteiger partial charge in [0.1, 0.15) is 18.0 Å². The number of ether oxygens (including phenoxy) is 4. The van der Waals surface area contributed by atoms with Crippen LogP contribution in [0.1, 0.15) is 28.4 Å². The molecule has 39 heavy (non-hydrogen) atoms. The zero-order valence-electron chi connectivity index (χ0n) is 21.8. The number of fused-ring (bicyclic) bond motifs is 3. The molecule has 196 valence electrons. The van der Waals surface area contributed by atoms with Gasteiger partial charge in [-0.15, -0.1) is 0 Å². The summed E-state index contributed by atoms with van der Waals surface area (Å²) in [6, 6.07) is 43.2. The van der Waals surface area contributed by atoms with Crippen molar-refractivity contribution in [3.05, 3.63) is 150 Å². The van der Waals surface area contributed by atoms with Crippen LogP contribution >= 0.6 is 0 Å². The normalized spacial score (nSPS) is 18.4.